The second kappa shape index (κ2) is 8.42. The molecule has 2 aromatic heterocycles. The fourth-order valence-corrected chi connectivity index (χ4v) is 3.49. The number of aryl methyl sites for hydroxylation is 1. The molecule has 0 atom stereocenters. The molecule has 0 radical (unpaired) electrons. The van der Waals surface area contributed by atoms with E-state index in [1.54, 1.807) is 23.0 Å². The van der Waals surface area contributed by atoms with Gasteiger partial charge in [0.1, 0.15) is 0 Å². The van der Waals surface area contributed by atoms with E-state index in [0.717, 1.165) is 11.1 Å². The molecule has 31 heavy (non-hydrogen) atoms. The summed E-state index contributed by atoms with van der Waals surface area (Å²) >= 11 is 0. The van der Waals surface area contributed by atoms with Gasteiger partial charge < -0.3 is 9.30 Å². The van der Waals surface area contributed by atoms with Gasteiger partial charge in [0.2, 0.25) is 0 Å². The number of rotatable bonds is 6. The summed E-state index contributed by atoms with van der Waals surface area (Å²) in [5.74, 6) is 0. The fraction of sp³-hybridized carbons (Fsp3) is 0.217. The Hall–Kier alpha value is -3.96. The van der Waals surface area contributed by atoms with E-state index in [1.165, 1.54) is 16.2 Å². The van der Waals surface area contributed by atoms with Crippen LogP contribution in [0, 0.1) is 18.3 Å². The molecule has 0 spiro atoms. The molecule has 0 amide bonds. The number of imidazole rings is 1. The Kier molecular flexibility index (Phi) is 5.52. The summed E-state index contributed by atoms with van der Waals surface area (Å²) in [5, 5.41) is 8.99. The van der Waals surface area contributed by atoms with Crippen molar-refractivity contribution in [3.63, 3.8) is 0 Å². The third-order valence-electron chi connectivity index (χ3n) is 5.15. The average molecular weight is 415 g/mol. The molecule has 0 saturated heterocycles. The summed E-state index contributed by atoms with van der Waals surface area (Å²) in [5.41, 5.74) is 2.95. The molecule has 0 N–H and O–H groups in total. The van der Waals surface area contributed by atoms with E-state index in [4.69, 9.17) is 10.00 Å². The maximum Gasteiger partial charge on any atom is 0.337 e. The van der Waals surface area contributed by atoms with E-state index >= 15 is 0 Å². The summed E-state index contributed by atoms with van der Waals surface area (Å²) in [6.45, 7) is 2.72. The van der Waals surface area contributed by atoms with Gasteiger partial charge in [-0.2, -0.15) is 5.26 Å². The molecule has 156 valence electrons. The van der Waals surface area contributed by atoms with Crippen LogP contribution in [0.4, 0.5) is 0 Å². The molecule has 0 bridgehead atoms. The molecule has 8 nitrogen and oxygen atoms in total. The minimum absolute atomic E-state index is 0.137. The molecule has 0 saturated carbocycles. The number of nitriles is 1. The number of fused-ring (bicyclic) bond motifs is 1. The van der Waals surface area contributed by atoms with Crippen molar-refractivity contribution in [2.24, 2.45) is 0 Å². The summed E-state index contributed by atoms with van der Waals surface area (Å²) < 4.78 is 9.47. The number of ether oxygens (including phenoxy) is 1. The Morgan fingerprint density at radius 3 is 2.42 bits per heavy atom. The molecule has 4 rings (SSSR count). The molecule has 2 heterocycles. The molecule has 2 aromatic carbocycles. The highest BCUT2D eigenvalue weighted by Crippen LogP contribution is 2.15. The zero-order valence-corrected chi connectivity index (χ0v) is 17.3. The van der Waals surface area contributed by atoms with Gasteiger partial charge in [0.15, 0.2) is 11.2 Å². The van der Waals surface area contributed by atoms with Crippen LogP contribution in [0.3, 0.4) is 0 Å². The lowest BCUT2D eigenvalue weighted by Gasteiger charge is -2.13. The van der Waals surface area contributed by atoms with Crippen molar-refractivity contribution >= 4 is 11.2 Å². The molecular weight excluding hydrogens is 394 g/mol. The smallest absolute Gasteiger partial charge is 0.337 e. The highest BCUT2D eigenvalue weighted by atomic mass is 16.5. The number of methoxy groups -OCH3 is 1. The van der Waals surface area contributed by atoms with Crippen LogP contribution in [0.15, 0.2) is 64.4 Å². The van der Waals surface area contributed by atoms with Crippen LogP contribution in [0.5, 0.6) is 0 Å². The van der Waals surface area contributed by atoms with E-state index < -0.39 is 11.2 Å². The van der Waals surface area contributed by atoms with Gasteiger partial charge in [-0.05, 0) is 36.8 Å². The molecule has 0 aliphatic rings. The predicted octanol–water partition coefficient (Wildman–Crippen LogP) is 2.22. The van der Waals surface area contributed by atoms with Crippen LogP contribution >= 0.6 is 0 Å². The van der Waals surface area contributed by atoms with Crippen LogP contribution in [0.1, 0.15) is 16.7 Å². The normalized spacial score (nSPS) is 11.0. The van der Waals surface area contributed by atoms with Crippen molar-refractivity contribution in [3.05, 3.63) is 92.4 Å². The van der Waals surface area contributed by atoms with Crippen LogP contribution in [0.25, 0.3) is 16.9 Å². The molecule has 0 fully saturated rings. The SMILES string of the molecule is COCCn1c(=O)c2c(ncn2Cc2ccc(C#N)cc2)n(-c2ccc(C)cc2)c1=O. The van der Waals surface area contributed by atoms with Crippen LogP contribution in [0.2, 0.25) is 0 Å². The quantitative estimate of drug-likeness (QED) is 0.481. The largest absolute Gasteiger partial charge is 0.383 e. The Morgan fingerprint density at radius 2 is 1.77 bits per heavy atom. The Labute approximate surface area is 178 Å². The van der Waals surface area contributed by atoms with Crippen molar-refractivity contribution in [1.29, 1.82) is 5.26 Å². The lowest BCUT2D eigenvalue weighted by atomic mass is 10.1. The first kappa shape index (κ1) is 20.3. The zero-order chi connectivity index (χ0) is 22.0. The van der Waals surface area contributed by atoms with E-state index in [1.807, 2.05) is 43.3 Å². The average Bonchev–Trinajstić information content (AvgIpc) is 3.19. The lowest BCUT2D eigenvalue weighted by Crippen LogP contribution is -2.41. The minimum atomic E-state index is -0.456. The Balaban J connectivity index is 1.93. The second-order valence-corrected chi connectivity index (χ2v) is 7.26. The first-order valence-electron chi connectivity index (χ1n) is 9.79. The molecular formula is C23H21N5O3. The van der Waals surface area contributed by atoms with Gasteiger partial charge in [0.25, 0.3) is 5.56 Å². The Bertz CT molecular complexity index is 1390. The Morgan fingerprint density at radius 1 is 1.06 bits per heavy atom. The molecule has 0 aliphatic carbocycles. The number of benzene rings is 2. The number of nitrogens with zero attached hydrogens (tertiary/aromatic N) is 5. The summed E-state index contributed by atoms with van der Waals surface area (Å²) in [7, 11) is 1.53. The van der Waals surface area contributed by atoms with Crippen molar-refractivity contribution in [2.75, 3.05) is 13.7 Å². The first-order chi connectivity index (χ1) is 15.0. The first-order valence-corrected chi connectivity index (χ1v) is 9.79. The number of hydrogen-bond acceptors (Lipinski definition) is 5. The third-order valence-corrected chi connectivity index (χ3v) is 5.15. The third kappa shape index (κ3) is 3.79. The van der Waals surface area contributed by atoms with Gasteiger partial charge in [-0.3, -0.25) is 9.36 Å². The number of hydrogen-bond donors (Lipinski definition) is 0. The maximum atomic E-state index is 13.3. The second-order valence-electron chi connectivity index (χ2n) is 7.26. The summed E-state index contributed by atoms with van der Waals surface area (Å²) in [4.78, 5) is 30.9. The van der Waals surface area contributed by atoms with Gasteiger partial charge in [0.05, 0.1) is 36.8 Å². The molecule has 0 aliphatic heterocycles. The van der Waals surface area contributed by atoms with Gasteiger partial charge in [-0.15, -0.1) is 0 Å². The summed E-state index contributed by atoms with van der Waals surface area (Å²) in [6, 6.07) is 16.7. The van der Waals surface area contributed by atoms with Crippen LogP contribution in [-0.4, -0.2) is 32.4 Å². The highest BCUT2D eigenvalue weighted by Gasteiger charge is 2.19. The van der Waals surface area contributed by atoms with E-state index in [0.29, 0.717) is 29.0 Å². The van der Waals surface area contributed by atoms with Gasteiger partial charge in [-0.25, -0.2) is 14.3 Å². The van der Waals surface area contributed by atoms with E-state index in [-0.39, 0.29) is 13.2 Å². The summed E-state index contributed by atoms with van der Waals surface area (Å²) in [6.07, 6.45) is 1.56. The monoisotopic (exact) mass is 415 g/mol. The lowest BCUT2D eigenvalue weighted by molar-refractivity contribution is 0.184. The van der Waals surface area contributed by atoms with Gasteiger partial charge in [0, 0.05) is 13.7 Å². The maximum absolute atomic E-state index is 13.3. The minimum Gasteiger partial charge on any atom is -0.383 e. The molecule has 8 heteroatoms. The van der Waals surface area contributed by atoms with Crippen LogP contribution < -0.4 is 11.2 Å². The topological polar surface area (TPSA) is 94.8 Å². The van der Waals surface area contributed by atoms with Crippen molar-refractivity contribution in [2.45, 2.75) is 20.0 Å². The molecule has 4 aromatic rings. The highest BCUT2D eigenvalue weighted by molar-refractivity contribution is 5.72. The standard InChI is InChI=1S/C23H21N5O3/c1-16-3-9-19(10-4-16)28-21-20(22(29)27(23(28)30)11-12-31-2)26(15-25-21)14-18-7-5-17(13-24)6-8-18/h3-10,15H,11-12,14H2,1-2H3. The van der Waals surface area contributed by atoms with E-state index in [2.05, 4.69) is 11.1 Å². The van der Waals surface area contributed by atoms with Crippen molar-refractivity contribution in [3.8, 4) is 11.8 Å². The van der Waals surface area contributed by atoms with Crippen molar-refractivity contribution in [1.82, 2.24) is 18.7 Å². The van der Waals surface area contributed by atoms with Crippen LogP contribution in [-0.2, 0) is 17.8 Å². The van der Waals surface area contributed by atoms with E-state index in [9.17, 15) is 9.59 Å². The van der Waals surface area contributed by atoms with Gasteiger partial charge in [-0.1, -0.05) is 29.8 Å². The number of aromatic nitrogens is 4. The van der Waals surface area contributed by atoms with Gasteiger partial charge >= 0.3 is 5.69 Å². The predicted molar refractivity (Wildman–Crippen MR) is 116 cm³/mol. The fourth-order valence-electron chi connectivity index (χ4n) is 3.49. The zero-order valence-electron chi connectivity index (χ0n) is 17.3. The molecule has 0 unspecified atom stereocenters. The van der Waals surface area contributed by atoms with Crippen molar-refractivity contribution < 1.29 is 4.74 Å².